The van der Waals surface area contributed by atoms with Crippen molar-refractivity contribution in [2.24, 2.45) is 5.92 Å². The van der Waals surface area contributed by atoms with Crippen LogP contribution in [0.5, 0.6) is 0 Å². The molecule has 2 fully saturated rings. The molecule has 1 amide bonds. The van der Waals surface area contributed by atoms with Crippen LogP contribution >= 0.6 is 0 Å². The second-order valence-corrected chi connectivity index (χ2v) is 9.33. The van der Waals surface area contributed by atoms with E-state index in [1.807, 2.05) is 0 Å². The Morgan fingerprint density at radius 2 is 1.69 bits per heavy atom. The number of nitrogens with zero attached hydrogens (tertiary/aromatic N) is 1. The zero-order valence-corrected chi connectivity index (χ0v) is 15.8. The van der Waals surface area contributed by atoms with Gasteiger partial charge >= 0.3 is 0 Å². The van der Waals surface area contributed by atoms with Crippen molar-refractivity contribution in [1.82, 2.24) is 9.62 Å². The number of rotatable bonds is 6. The van der Waals surface area contributed by atoms with Crippen LogP contribution in [0.3, 0.4) is 0 Å². The van der Waals surface area contributed by atoms with Crippen LogP contribution < -0.4 is 5.32 Å². The lowest BCUT2D eigenvalue weighted by Crippen LogP contribution is -2.39. The van der Waals surface area contributed by atoms with Gasteiger partial charge < -0.3 is 5.32 Å². The monoisotopic (exact) mass is 382 g/mol. The van der Waals surface area contributed by atoms with E-state index in [4.69, 9.17) is 0 Å². The van der Waals surface area contributed by atoms with Gasteiger partial charge in [-0.15, -0.1) is 0 Å². The van der Waals surface area contributed by atoms with E-state index in [9.17, 15) is 17.6 Å². The number of hydrogen-bond acceptors (Lipinski definition) is 3. The number of sulfonamides is 1. The molecule has 1 aromatic carbocycles. The highest BCUT2D eigenvalue weighted by Crippen LogP contribution is 2.26. The number of carbonyl (C=O) groups excluding carboxylic acids is 1. The third-order valence-corrected chi connectivity index (χ3v) is 7.44. The lowest BCUT2D eigenvalue weighted by Gasteiger charge is -2.31. The highest BCUT2D eigenvalue weighted by molar-refractivity contribution is 7.89. The van der Waals surface area contributed by atoms with E-state index in [1.165, 1.54) is 41.4 Å². The number of halogens is 1. The number of nitrogens with one attached hydrogen (secondary N) is 1. The van der Waals surface area contributed by atoms with Crippen molar-refractivity contribution in [2.75, 3.05) is 13.1 Å². The fourth-order valence-electron chi connectivity index (χ4n) is 3.90. The Morgan fingerprint density at radius 3 is 2.31 bits per heavy atom. The summed E-state index contributed by atoms with van der Waals surface area (Å²) in [6, 6.07) is 5.31. The third-order valence-electron chi connectivity index (χ3n) is 5.52. The number of piperidine rings is 1. The normalized spacial score (nSPS) is 20.3. The van der Waals surface area contributed by atoms with Crippen LogP contribution in [0, 0.1) is 11.7 Å². The molecule has 1 saturated heterocycles. The molecule has 2 aliphatic rings. The molecule has 3 rings (SSSR count). The van der Waals surface area contributed by atoms with Crippen molar-refractivity contribution in [3.63, 3.8) is 0 Å². The number of benzene rings is 1. The average Bonchev–Trinajstić information content (AvgIpc) is 3.14. The summed E-state index contributed by atoms with van der Waals surface area (Å²) in [7, 11) is -3.56. The van der Waals surface area contributed by atoms with Gasteiger partial charge in [0.05, 0.1) is 4.90 Å². The van der Waals surface area contributed by atoms with Gasteiger partial charge in [-0.05, 0) is 62.3 Å². The van der Waals surface area contributed by atoms with Gasteiger partial charge in [-0.25, -0.2) is 12.8 Å². The molecule has 1 N–H and O–H groups in total. The Labute approximate surface area is 155 Å². The van der Waals surface area contributed by atoms with Gasteiger partial charge in [-0.1, -0.05) is 12.8 Å². The average molecular weight is 383 g/mol. The van der Waals surface area contributed by atoms with Gasteiger partial charge in [0.15, 0.2) is 0 Å². The van der Waals surface area contributed by atoms with Crippen molar-refractivity contribution >= 4 is 15.9 Å². The Kier molecular flexibility index (Phi) is 6.29. The summed E-state index contributed by atoms with van der Waals surface area (Å²) in [5.41, 5.74) is 0. The predicted octanol–water partition coefficient (Wildman–Crippen LogP) is 3.07. The summed E-state index contributed by atoms with van der Waals surface area (Å²) in [6.45, 7) is 0.906. The first-order chi connectivity index (χ1) is 12.4. The summed E-state index contributed by atoms with van der Waals surface area (Å²) in [4.78, 5) is 12.2. The van der Waals surface area contributed by atoms with Gasteiger partial charge in [-0.2, -0.15) is 4.31 Å². The van der Waals surface area contributed by atoms with Gasteiger partial charge in [0.1, 0.15) is 5.82 Å². The molecular weight excluding hydrogens is 355 g/mol. The Balaban J connectivity index is 1.45. The molecule has 0 atom stereocenters. The first-order valence-electron chi connectivity index (χ1n) is 9.50. The minimum atomic E-state index is -3.56. The van der Waals surface area contributed by atoms with Crippen molar-refractivity contribution in [3.8, 4) is 0 Å². The molecule has 1 heterocycles. The molecule has 0 spiro atoms. The van der Waals surface area contributed by atoms with Gasteiger partial charge in [0.2, 0.25) is 15.9 Å². The largest absolute Gasteiger partial charge is 0.353 e. The zero-order valence-electron chi connectivity index (χ0n) is 15.0. The SMILES string of the molecule is O=C(CCC1CCN(S(=O)(=O)c2ccc(F)cc2)CC1)NC1CCCC1. The summed E-state index contributed by atoms with van der Waals surface area (Å²) < 4.78 is 39.7. The Hall–Kier alpha value is -1.47. The minimum absolute atomic E-state index is 0.123. The van der Waals surface area contributed by atoms with E-state index < -0.39 is 15.8 Å². The molecule has 26 heavy (non-hydrogen) atoms. The van der Waals surface area contributed by atoms with Crippen molar-refractivity contribution < 1.29 is 17.6 Å². The maximum absolute atomic E-state index is 13.0. The lowest BCUT2D eigenvalue weighted by atomic mass is 9.93. The van der Waals surface area contributed by atoms with Crippen molar-refractivity contribution in [1.29, 1.82) is 0 Å². The summed E-state index contributed by atoms with van der Waals surface area (Å²) in [5.74, 6) is 0.0563. The fourth-order valence-corrected chi connectivity index (χ4v) is 5.37. The molecule has 0 unspecified atom stereocenters. The molecular formula is C19H27FN2O3S. The van der Waals surface area contributed by atoms with Crippen LogP contribution in [0.2, 0.25) is 0 Å². The molecule has 5 nitrogen and oxygen atoms in total. The first kappa shape index (κ1) is 19.3. The lowest BCUT2D eigenvalue weighted by molar-refractivity contribution is -0.122. The fraction of sp³-hybridized carbons (Fsp3) is 0.632. The molecule has 1 aromatic rings. The number of carbonyl (C=O) groups is 1. The zero-order chi connectivity index (χ0) is 18.6. The second-order valence-electron chi connectivity index (χ2n) is 7.39. The van der Waals surface area contributed by atoms with E-state index >= 15 is 0 Å². The maximum atomic E-state index is 13.0. The van der Waals surface area contributed by atoms with Crippen LogP contribution in [0.1, 0.15) is 51.4 Å². The highest BCUT2D eigenvalue weighted by atomic mass is 32.2. The molecule has 1 aliphatic carbocycles. The van der Waals surface area contributed by atoms with E-state index in [2.05, 4.69) is 5.32 Å². The smallest absolute Gasteiger partial charge is 0.243 e. The predicted molar refractivity (Wildman–Crippen MR) is 97.5 cm³/mol. The quantitative estimate of drug-likeness (QED) is 0.822. The van der Waals surface area contributed by atoms with Crippen LogP contribution in [0.4, 0.5) is 4.39 Å². The molecule has 0 radical (unpaired) electrons. The van der Waals surface area contributed by atoms with Crippen molar-refractivity contribution in [3.05, 3.63) is 30.1 Å². The Bertz CT molecular complexity index is 707. The molecule has 144 valence electrons. The van der Waals surface area contributed by atoms with Crippen LogP contribution in [0.25, 0.3) is 0 Å². The van der Waals surface area contributed by atoms with Gasteiger partial charge in [-0.3, -0.25) is 4.79 Å². The molecule has 0 aromatic heterocycles. The molecule has 7 heteroatoms. The topological polar surface area (TPSA) is 66.5 Å². The number of hydrogen-bond donors (Lipinski definition) is 1. The van der Waals surface area contributed by atoms with Crippen LogP contribution in [-0.2, 0) is 14.8 Å². The standard InChI is InChI=1S/C19H27FN2O3S/c20-16-6-8-18(9-7-16)26(24,25)22-13-11-15(12-14-22)5-10-19(23)21-17-3-1-2-4-17/h6-9,15,17H,1-5,10-14H2,(H,21,23). The van der Waals surface area contributed by atoms with Gasteiger partial charge in [0.25, 0.3) is 0 Å². The summed E-state index contributed by atoms with van der Waals surface area (Å²) in [6.07, 6.45) is 7.43. The van der Waals surface area contributed by atoms with Crippen LogP contribution in [0.15, 0.2) is 29.2 Å². The van der Waals surface area contributed by atoms with Crippen LogP contribution in [-0.4, -0.2) is 37.8 Å². The highest BCUT2D eigenvalue weighted by Gasteiger charge is 2.29. The minimum Gasteiger partial charge on any atom is -0.353 e. The number of amides is 1. The van der Waals surface area contributed by atoms with Crippen molar-refractivity contribution in [2.45, 2.75) is 62.3 Å². The molecule has 1 aliphatic heterocycles. The third kappa shape index (κ3) is 4.82. The summed E-state index contributed by atoms with van der Waals surface area (Å²) in [5, 5.41) is 3.10. The van der Waals surface area contributed by atoms with E-state index in [-0.39, 0.29) is 10.8 Å². The van der Waals surface area contributed by atoms with E-state index in [0.717, 1.165) is 32.1 Å². The first-order valence-corrected chi connectivity index (χ1v) is 10.9. The second kappa shape index (κ2) is 8.48. The summed E-state index contributed by atoms with van der Waals surface area (Å²) >= 11 is 0. The van der Waals surface area contributed by atoms with E-state index in [0.29, 0.717) is 31.5 Å². The maximum Gasteiger partial charge on any atom is 0.243 e. The molecule has 0 bridgehead atoms. The van der Waals surface area contributed by atoms with Gasteiger partial charge in [0, 0.05) is 25.6 Å². The molecule has 1 saturated carbocycles. The Morgan fingerprint density at radius 1 is 1.08 bits per heavy atom. The van der Waals surface area contributed by atoms with E-state index in [1.54, 1.807) is 0 Å².